The third-order valence-electron chi connectivity index (χ3n) is 8.13. The van der Waals surface area contributed by atoms with Crippen LogP contribution < -0.4 is 10.00 Å². The average Bonchev–Trinajstić information content (AvgIpc) is 3.64. The van der Waals surface area contributed by atoms with Crippen LogP contribution in [0, 0.1) is 17.6 Å². The van der Waals surface area contributed by atoms with Gasteiger partial charge in [-0.1, -0.05) is 21.5 Å². The molecule has 2 unspecified atom stereocenters. The van der Waals surface area contributed by atoms with Gasteiger partial charge in [0.25, 0.3) is 12.3 Å². The summed E-state index contributed by atoms with van der Waals surface area (Å²) in [6.07, 6.45) is 2.48. The normalized spacial score (nSPS) is 18.7. The summed E-state index contributed by atoms with van der Waals surface area (Å²) < 4.78 is 87.4. The predicted octanol–water partition coefficient (Wildman–Crippen LogP) is 5.76. The summed E-state index contributed by atoms with van der Waals surface area (Å²) in [6.45, 7) is -0.698. The van der Waals surface area contributed by atoms with Crippen molar-refractivity contribution in [2.24, 2.45) is 5.92 Å². The number of amides is 1. The topological polar surface area (TPSA) is 76.6 Å². The molecule has 3 atom stereocenters. The highest BCUT2D eigenvalue weighted by atomic mass is 19.3. The maximum Gasteiger partial charge on any atom is 0.376 e. The van der Waals surface area contributed by atoms with E-state index in [2.05, 4.69) is 20.3 Å². The molecule has 2 aromatic carbocycles. The van der Waals surface area contributed by atoms with Crippen LogP contribution in [0.3, 0.4) is 0 Å². The molecule has 1 saturated carbocycles. The molecule has 7 rings (SSSR count). The van der Waals surface area contributed by atoms with Crippen LogP contribution in [0.25, 0.3) is 22.2 Å². The Hall–Kier alpha value is -4.81. The lowest BCUT2D eigenvalue weighted by Gasteiger charge is -2.21. The Morgan fingerprint density at radius 1 is 1.00 bits per heavy atom. The standard InChI is InChI=1S/C31H22F6N6O/c32-18-8-16(9-19(33)12-18)10-26(28-20(2-1-5-40-28)17-3-4-24-25(11-17)39-7-6-38-24)41-27(44)15-42-14-22(30(34)35)29-21-13-23(21)31(36,37)43(29)42/h1-9,11-12,14,21,23,26,30H,10,13,15H2/p+1/t21?,23?,26-/m0/s1. The molecule has 0 bridgehead atoms. The number of rotatable bonds is 8. The molecule has 1 N–H and O–H groups in total. The van der Waals surface area contributed by atoms with Crippen molar-refractivity contribution in [3.63, 3.8) is 0 Å². The van der Waals surface area contributed by atoms with E-state index < -0.39 is 60.0 Å². The van der Waals surface area contributed by atoms with Gasteiger partial charge in [0.05, 0.1) is 28.7 Å². The van der Waals surface area contributed by atoms with Gasteiger partial charge in [-0.25, -0.2) is 17.6 Å². The van der Waals surface area contributed by atoms with Crippen molar-refractivity contribution in [3.8, 4) is 11.1 Å². The van der Waals surface area contributed by atoms with Crippen LogP contribution in [0.15, 0.2) is 73.3 Å². The van der Waals surface area contributed by atoms with Crippen LogP contribution in [-0.4, -0.2) is 25.5 Å². The average molecular weight is 610 g/mol. The largest absolute Gasteiger partial charge is 0.376 e. The van der Waals surface area contributed by atoms with Crippen molar-refractivity contribution in [1.29, 1.82) is 0 Å². The molecule has 0 saturated heterocycles. The number of pyridine rings is 1. The van der Waals surface area contributed by atoms with Crippen molar-refractivity contribution in [3.05, 3.63) is 107 Å². The molecule has 1 amide bonds. The van der Waals surface area contributed by atoms with Crippen molar-refractivity contribution >= 4 is 16.9 Å². The molecule has 1 aliphatic carbocycles. The first-order chi connectivity index (χ1) is 21.1. The number of halogens is 6. The summed E-state index contributed by atoms with van der Waals surface area (Å²) >= 11 is 0. The smallest absolute Gasteiger partial charge is 0.342 e. The zero-order valence-electron chi connectivity index (χ0n) is 22.8. The molecule has 224 valence electrons. The van der Waals surface area contributed by atoms with Gasteiger partial charge >= 0.3 is 6.05 Å². The molecular formula is C31H23F6N6O+. The van der Waals surface area contributed by atoms with Gasteiger partial charge in [0, 0.05) is 36.1 Å². The number of nitrogens with zero attached hydrogens (tertiary/aromatic N) is 5. The number of nitrogens with one attached hydrogen (secondary N) is 1. The lowest BCUT2D eigenvalue weighted by atomic mass is 9.95. The minimum absolute atomic E-state index is 0.109. The van der Waals surface area contributed by atoms with E-state index in [1.807, 2.05) is 0 Å². The number of hydrogen-bond acceptors (Lipinski definition) is 4. The first-order valence-electron chi connectivity index (χ1n) is 13.8. The number of alkyl halides is 4. The number of carbonyl (C=O) groups excluding carboxylic acids is 1. The molecule has 1 aliphatic heterocycles. The van der Waals surface area contributed by atoms with Crippen molar-refractivity contribution in [2.75, 3.05) is 0 Å². The Kier molecular flexibility index (Phi) is 6.63. The van der Waals surface area contributed by atoms with Gasteiger partial charge < -0.3 is 5.32 Å². The molecule has 3 aromatic heterocycles. The lowest BCUT2D eigenvalue weighted by molar-refractivity contribution is -0.779. The predicted molar refractivity (Wildman–Crippen MR) is 144 cm³/mol. The zero-order valence-corrected chi connectivity index (χ0v) is 22.8. The zero-order chi connectivity index (χ0) is 30.7. The molecule has 1 fully saturated rings. The highest BCUT2D eigenvalue weighted by molar-refractivity contribution is 5.82. The van der Waals surface area contributed by atoms with Crippen LogP contribution in [0.2, 0.25) is 0 Å². The fraction of sp³-hybridized carbons (Fsp3) is 0.258. The minimum atomic E-state index is -3.42. The van der Waals surface area contributed by atoms with Gasteiger partial charge in [-0.3, -0.25) is 19.7 Å². The second kappa shape index (κ2) is 10.4. The molecule has 2 aliphatic rings. The van der Waals surface area contributed by atoms with E-state index >= 15 is 8.78 Å². The Morgan fingerprint density at radius 2 is 1.75 bits per heavy atom. The van der Waals surface area contributed by atoms with Crippen LogP contribution in [0.5, 0.6) is 0 Å². The summed E-state index contributed by atoms with van der Waals surface area (Å²) in [5.74, 6) is -4.19. The molecule has 5 aromatic rings. The number of fused-ring (bicyclic) bond motifs is 4. The monoisotopic (exact) mass is 609 g/mol. The number of carbonyl (C=O) groups is 1. The maximum absolute atomic E-state index is 15.1. The quantitative estimate of drug-likeness (QED) is 0.179. The molecule has 4 heterocycles. The lowest BCUT2D eigenvalue weighted by Crippen LogP contribution is -2.53. The summed E-state index contributed by atoms with van der Waals surface area (Å²) in [4.78, 5) is 26.5. The van der Waals surface area contributed by atoms with E-state index in [9.17, 15) is 22.4 Å². The van der Waals surface area contributed by atoms with Gasteiger partial charge in [0.15, 0.2) is 0 Å². The van der Waals surface area contributed by atoms with Gasteiger partial charge in [0.2, 0.25) is 12.7 Å². The maximum atomic E-state index is 15.1. The third kappa shape index (κ3) is 4.85. The number of hydrogen-bond donors (Lipinski definition) is 1. The van der Waals surface area contributed by atoms with Crippen LogP contribution in [-0.2, 0) is 23.8 Å². The van der Waals surface area contributed by atoms with E-state index in [0.717, 1.165) is 23.0 Å². The molecular weight excluding hydrogens is 586 g/mol. The second-order valence-corrected chi connectivity index (χ2v) is 11.0. The van der Waals surface area contributed by atoms with Gasteiger partial charge in [-0.2, -0.15) is 8.78 Å². The Balaban J connectivity index is 1.25. The van der Waals surface area contributed by atoms with E-state index in [1.54, 1.807) is 42.7 Å². The first kappa shape index (κ1) is 28.0. The van der Waals surface area contributed by atoms with Crippen LogP contribution in [0.4, 0.5) is 26.3 Å². The Morgan fingerprint density at radius 3 is 2.50 bits per heavy atom. The molecule has 0 radical (unpaired) electrons. The van der Waals surface area contributed by atoms with Gasteiger partial charge in [-0.15, -0.1) is 0 Å². The van der Waals surface area contributed by atoms with Crippen molar-refractivity contribution in [1.82, 2.24) is 25.0 Å². The van der Waals surface area contributed by atoms with Crippen molar-refractivity contribution in [2.45, 2.75) is 43.8 Å². The summed E-state index contributed by atoms with van der Waals surface area (Å²) in [6, 6.07) is 7.31. The van der Waals surface area contributed by atoms with Gasteiger partial charge in [-0.05, 0) is 54.3 Å². The molecule has 0 spiro atoms. The van der Waals surface area contributed by atoms with Crippen molar-refractivity contribution < 1.29 is 35.8 Å². The molecule has 7 nitrogen and oxygen atoms in total. The fourth-order valence-electron chi connectivity index (χ4n) is 6.21. The first-order valence-corrected chi connectivity index (χ1v) is 13.8. The summed E-state index contributed by atoms with van der Waals surface area (Å²) in [5, 5.41) is 2.76. The van der Waals surface area contributed by atoms with Crippen LogP contribution >= 0.6 is 0 Å². The van der Waals surface area contributed by atoms with E-state index in [-0.39, 0.29) is 24.1 Å². The third-order valence-corrected chi connectivity index (χ3v) is 8.13. The summed E-state index contributed by atoms with van der Waals surface area (Å²) in [5.41, 5.74) is 2.35. The van der Waals surface area contributed by atoms with E-state index in [4.69, 9.17) is 0 Å². The Bertz CT molecular complexity index is 1910. The highest BCUT2D eigenvalue weighted by Crippen LogP contribution is 2.64. The number of aromatic nitrogens is 5. The second-order valence-electron chi connectivity index (χ2n) is 11.0. The SMILES string of the molecule is O=C(C[n+]1cc(C(F)F)c2n1C(F)(F)C1CC21)N[C@@H](Cc1cc(F)cc(F)c1)c1ncccc1-c1ccc2nccnc2c1. The fourth-order valence-corrected chi connectivity index (χ4v) is 6.21. The summed E-state index contributed by atoms with van der Waals surface area (Å²) in [7, 11) is 0. The Labute approximate surface area is 246 Å². The minimum Gasteiger partial charge on any atom is -0.342 e. The molecule has 13 heteroatoms. The highest BCUT2D eigenvalue weighted by Gasteiger charge is 2.69. The molecule has 44 heavy (non-hydrogen) atoms. The van der Waals surface area contributed by atoms with E-state index in [0.29, 0.717) is 38.6 Å². The number of benzene rings is 2. The van der Waals surface area contributed by atoms with E-state index in [1.165, 1.54) is 6.20 Å². The van der Waals surface area contributed by atoms with Gasteiger partial charge in [0.1, 0.15) is 22.9 Å². The van der Waals surface area contributed by atoms with Crippen LogP contribution in [0.1, 0.15) is 47.3 Å².